The van der Waals surface area contributed by atoms with Gasteiger partial charge in [0, 0.05) is 13.3 Å². The topological polar surface area (TPSA) is 63.6 Å². The third kappa shape index (κ3) is 5.01. The van der Waals surface area contributed by atoms with E-state index in [-0.39, 0.29) is 0 Å². The summed E-state index contributed by atoms with van der Waals surface area (Å²) in [7, 11) is 0. The SMILES string of the molecule is CSCC[C@@H](OC(C)=O)C(=O)O. The molecule has 0 fully saturated rings. The highest BCUT2D eigenvalue weighted by molar-refractivity contribution is 7.98. The van der Waals surface area contributed by atoms with Gasteiger partial charge in [-0.2, -0.15) is 11.8 Å². The molecule has 0 bridgehead atoms. The Hall–Kier alpha value is -0.710. The van der Waals surface area contributed by atoms with Crippen LogP contribution >= 0.6 is 11.8 Å². The Balaban J connectivity index is 3.87. The Morgan fingerprint density at radius 2 is 2.17 bits per heavy atom. The van der Waals surface area contributed by atoms with Crippen molar-refractivity contribution in [2.75, 3.05) is 12.0 Å². The molecule has 0 aromatic rings. The molecular formula is C7H12O4S. The van der Waals surface area contributed by atoms with E-state index in [0.717, 1.165) is 0 Å². The van der Waals surface area contributed by atoms with Gasteiger partial charge in [0.15, 0.2) is 6.10 Å². The largest absolute Gasteiger partial charge is 0.479 e. The highest BCUT2D eigenvalue weighted by Crippen LogP contribution is 2.04. The zero-order valence-corrected chi connectivity index (χ0v) is 7.89. The van der Waals surface area contributed by atoms with E-state index in [1.807, 2.05) is 6.26 Å². The Kier molecular flexibility index (Phi) is 5.53. The van der Waals surface area contributed by atoms with E-state index < -0.39 is 18.0 Å². The first-order chi connectivity index (χ1) is 5.57. The molecule has 0 spiro atoms. The number of ether oxygens (including phenoxy) is 1. The van der Waals surface area contributed by atoms with E-state index in [0.29, 0.717) is 12.2 Å². The molecule has 0 aliphatic heterocycles. The number of thioether (sulfide) groups is 1. The van der Waals surface area contributed by atoms with Crippen molar-refractivity contribution in [1.82, 2.24) is 0 Å². The summed E-state index contributed by atoms with van der Waals surface area (Å²) < 4.78 is 4.56. The van der Waals surface area contributed by atoms with Crippen molar-refractivity contribution in [3.63, 3.8) is 0 Å². The van der Waals surface area contributed by atoms with Crippen LogP contribution in [0, 0.1) is 0 Å². The van der Waals surface area contributed by atoms with Crippen LogP contribution in [0.1, 0.15) is 13.3 Å². The van der Waals surface area contributed by atoms with Crippen molar-refractivity contribution in [2.45, 2.75) is 19.4 Å². The average molecular weight is 192 g/mol. The Labute approximate surface area is 75.3 Å². The summed E-state index contributed by atoms with van der Waals surface area (Å²) in [5, 5.41) is 8.56. The predicted molar refractivity (Wildman–Crippen MR) is 46.2 cm³/mol. The third-order valence-corrected chi connectivity index (χ3v) is 1.81. The quantitative estimate of drug-likeness (QED) is 0.651. The van der Waals surface area contributed by atoms with E-state index in [4.69, 9.17) is 5.11 Å². The van der Waals surface area contributed by atoms with Gasteiger partial charge >= 0.3 is 11.9 Å². The number of carboxylic acid groups (broad SMARTS) is 1. The van der Waals surface area contributed by atoms with Crippen molar-refractivity contribution in [2.24, 2.45) is 0 Å². The van der Waals surface area contributed by atoms with E-state index in [1.165, 1.54) is 18.7 Å². The summed E-state index contributed by atoms with van der Waals surface area (Å²) in [4.78, 5) is 20.9. The predicted octanol–water partition coefficient (Wildman–Crippen LogP) is 0.756. The summed E-state index contributed by atoms with van der Waals surface area (Å²) in [5.74, 6) is -0.965. The maximum atomic E-state index is 10.5. The fourth-order valence-electron chi connectivity index (χ4n) is 0.658. The van der Waals surface area contributed by atoms with Gasteiger partial charge in [0.1, 0.15) is 0 Å². The molecule has 0 aromatic heterocycles. The van der Waals surface area contributed by atoms with Crippen molar-refractivity contribution in [3.05, 3.63) is 0 Å². The van der Waals surface area contributed by atoms with Gasteiger partial charge in [-0.15, -0.1) is 0 Å². The summed E-state index contributed by atoms with van der Waals surface area (Å²) in [6, 6.07) is 0. The van der Waals surface area contributed by atoms with Crippen LogP contribution in [0.2, 0.25) is 0 Å². The van der Waals surface area contributed by atoms with Gasteiger partial charge in [-0.05, 0) is 12.0 Å². The fourth-order valence-corrected chi connectivity index (χ4v) is 1.11. The van der Waals surface area contributed by atoms with Gasteiger partial charge in [0.05, 0.1) is 0 Å². The molecule has 0 rings (SSSR count). The molecule has 5 heteroatoms. The molecule has 0 unspecified atom stereocenters. The normalized spacial score (nSPS) is 12.2. The van der Waals surface area contributed by atoms with Crippen molar-refractivity contribution < 1.29 is 19.4 Å². The number of aliphatic carboxylic acids is 1. The third-order valence-electron chi connectivity index (χ3n) is 1.17. The van der Waals surface area contributed by atoms with Crippen LogP contribution in [0.4, 0.5) is 0 Å². The molecule has 0 aliphatic rings. The maximum absolute atomic E-state index is 10.5. The van der Waals surface area contributed by atoms with Gasteiger partial charge < -0.3 is 9.84 Å². The molecule has 70 valence electrons. The second-order valence-electron chi connectivity index (χ2n) is 2.22. The molecule has 1 N–H and O–H groups in total. The number of carboxylic acids is 1. The van der Waals surface area contributed by atoms with Gasteiger partial charge in [0.25, 0.3) is 0 Å². The first-order valence-electron chi connectivity index (χ1n) is 3.47. The molecule has 0 aromatic carbocycles. The van der Waals surface area contributed by atoms with E-state index >= 15 is 0 Å². The number of hydrogen-bond acceptors (Lipinski definition) is 4. The number of carbonyl (C=O) groups is 2. The molecule has 0 saturated carbocycles. The fraction of sp³-hybridized carbons (Fsp3) is 0.714. The molecular weight excluding hydrogens is 180 g/mol. The van der Waals surface area contributed by atoms with Crippen LogP contribution in [0.25, 0.3) is 0 Å². The molecule has 0 saturated heterocycles. The standard InChI is InChI=1S/C7H12O4S/c1-5(8)11-6(7(9)10)3-4-12-2/h6H,3-4H2,1-2H3,(H,9,10)/t6-/m1/s1. The van der Waals surface area contributed by atoms with Crippen molar-refractivity contribution in [3.8, 4) is 0 Å². The number of carbonyl (C=O) groups excluding carboxylic acids is 1. The number of hydrogen-bond donors (Lipinski definition) is 1. The van der Waals surface area contributed by atoms with Gasteiger partial charge in [-0.1, -0.05) is 0 Å². The Morgan fingerprint density at radius 3 is 2.50 bits per heavy atom. The first-order valence-corrected chi connectivity index (χ1v) is 4.86. The summed E-state index contributed by atoms with van der Waals surface area (Å²) in [5.41, 5.74) is 0. The lowest BCUT2D eigenvalue weighted by molar-refractivity contribution is -0.162. The van der Waals surface area contributed by atoms with Crippen molar-refractivity contribution >= 4 is 23.7 Å². The maximum Gasteiger partial charge on any atom is 0.345 e. The van der Waals surface area contributed by atoms with Crippen LogP contribution in [-0.2, 0) is 14.3 Å². The first kappa shape index (κ1) is 11.3. The second kappa shape index (κ2) is 5.88. The van der Waals surface area contributed by atoms with E-state index in [1.54, 1.807) is 0 Å². The minimum Gasteiger partial charge on any atom is -0.479 e. The molecule has 4 nitrogen and oxygen atoms in total. The summed E-state index contributed by atoms with van der Waals surface area (Å²) in [6.45, 7) is 1.20. The van der Waals surface area contributed by atoms with Gasteiger partial charge in [-0.3, -0.25) is 4.79 Å². The smallest absolute Gasteiger partial charge is 0.345 e. The number of esters is 1. The molecule has 1 atom stereocenters. The lowest BCUT2D eigenvalue weighted by Gasteiger charge is -2.10. The minimum atomic E-state index is -1.08. The highest BCUT2D eigenvalue weighted by atomic mass is 32.2. The molecule has 0 radical (unpaired) electrons. The molecule has 0 aliphatic carbocycles. The lowest BCUT2D eigenvalue weighted by atomic mass is 10.3. The van der Waals surface area contributed by atoms with Crippen LogP contribution in [0.15, 0.2) is 0 Å². The summed E-state index contributed by atoms with van der Waals surface area (Å²) in [6.07, 6.45) is 1.23. The minimum absolute atomic E-state index is 0.357. The van der Waals surface area contributed by atoms with Crippen LogP contribution < -0.4 is 0 Å². The van der Waals surface area contributed by atoms with E-state index in [2.05, 4.69) is 4.74 Å². The average Bonchev–Trinajstić information content (AvgIpc) is 1.96. The zero-order chi connectivity index (χ0) is 9.56. The zero-order valence-electron chi connectivity index (χ0n) is 7.07. The van der Waals surface area contributed by atoms with Gasteiger partial charge in [0.2, 0.25) is 0 Å². The van der Waals surface area contributed by atoms with E-state index in [9.17, 15) is 9.59 Å². The Bertz CT molecular complexity index is 169. The molecule has 0 heterocycles. The molecule has 12 heavy (non-hydrogen) atoms. The molecule has 0 amide bonds. The monoisotopic (exact) mass is 192 g/mol. The summed E-state index contributed by atoms with van der Waals surface area (Å²) >= 11 is 1.52. The van der Waals surface area contributed by atoms with Crippen molar-refractivity contribution in [1.29, 1.82) is 0 Å². The lowest BCUT2D eigenvalue weighted by Crippen LogP contribution is -2.26. The van der Waals surface area contributed by atoms with Crippen LogP contribution in [0.5, 0.6) is 0 Å². The number of rotatable bonds is 5. The highest BCUT2D eigenvalue weighted by Gasteiger charge is 2.19. The van der Waals surface area contributed by atoms with Gasteiger partial charge in [-0.25, -0.2) is 4.79 Å². The van der Waals surface area contributed by atoms with Crippen LogP contribution in [-0.4, -0.2) is 35.2 Å². The van der Waals surface area contributed by atoms with Crippen LogP contribution in [0.3, 0.4) is 0 Å². The Morgan fingerprint density at radius 1 is 1.58 bits per heavy atom. The second-order valence-corrected chi connectivity index (χ2v) is 3.20.